The Morgan fingerprint density at radius 2 is 1.71 bits per heavy atom. The lowest BCUT2D eigenvalue weighted by molar-refractivity contribution is -0.122. The molecule has 7 N–H and O–H groups in total. The monoisotopic (exact) mass is 428 g/mol. The molecule has 0 fully saturated rings. The van der Waals surface area contributed by atoms with Gasteiger partial charge in [-0.1, -0.05) is 24.3 Å². The van der Waals surface area contributed by atoms with Gasteiger partial charge in [-0.3, -0.25) is 14.4 Å². The Hall–Kier alpha value is -3.59. The van der Waals surface area contributed by atoms with Crippen LogP contribution < -0.4 is 26.8 Å². The number of ether oxygens (including phenoxy) is 1. The molecule has 0 aliphatic carbocycles. The average Bonchev–Trinajstić information content (AvgIpc) is 2.76. The molecule has 0 aromatic heterocycles. The van der Waals surface area contributed by atoms with Crippen LogP contribution in [0.4, 0.5) is 0 Å². The molecule has 0 bridgehead atoms. The maximum absolute atomic E-state index is 12.1. The van der Waals surface area contributed by atoms with E-state index in [2.05, 4.69) is 10.6 Å². The third-order valence-electron chi connectivity index (χ3n) is 4.41. The van der Waals surface area contributed by atoms with Crippen LogP contribution in [-0.2, 0) is 16.0 Å². The summed E-state index contributed by atoms with van der Waals surface area (Å²) in [6.07, 6.45) is 1.71. The fourth-order valence-corrected chi connectivity index (χ4v) is 2.77. The summed E-state index contributed by atoms with van der Waals surface area (Å²) in [5.74, 6) is -0.742. The van der Waals surface area contributed by atoms with Crippen molar-refractivity contribution in [1.29, 1.82) is 0 Å². The number of para-hydroxylation sites is 1. The molecular formula is C22H28N4O5. The number of amides is 3. The molecule has 2 rings (SSSR count). The molecule has 9 nitrogen and oxygen atoms in total. The van der Waals surface area contributed by atoms with E-state index in [0.717, 1.165) is 5.56 Å². The number of unbranched alkanes of at least 4 members (excludes halogenated alkanes) is 1. The van der Waals surface area contributed by atoms with Gasteiger partial charge >= 0.3 is 0 Å². The van der Waals surface area contributed by atoms with Gasteiger partial charge in [0, 0.05) is 6.54 Å². The Kier molecular flexibility index (Phi) is 9.31. The second-order valence-electron chi connectivity index (χ2n) is 6.97. The van der Waals surface area contributed by atoms with Crippen LogP contribution in [0.15, 0.2) is 48.5 Å². The zero-order valence-electron chi connectivity index (χ0n) is 17.2. The van der Waals surface area contributed by atoms with Gasteiger partial charge in [0.25, 0.3) is 5.91 Å². The minimum absolute atomic E-state index is 0.165. The van der Waals surface area contributed by atoms with Crippen LogP contribution in [-0.4, -0.2) is 48.6 Å². The van der Waals surface area contributed by atoms with Gasteiger partial charge in [-0.2, -0.15) is 0 Å². The van der Waals surface area contributed by atoms with Gasteiger partial charge in [0.2, 0.25) is 11.8 Å². The highest BCUT2D eigenvalue weighted by Gasteiger charge is 2.14. The zero-order chi connectivity index (χ0) is 22.6. The third kappa shape index (κ3) is 8.35. The topological polar surface area (TPSA) is 157 Å². The molecule has 1 atom stereocenters. The molecule has 0 saturated carbocycles. The Balaban J connectivity index is 1.68. The second kappa shape index (κ2) is 12.2. The van der Waals surface area contributed by atoms with E-state index >= 15 is 0 Å². The molecule has 3 amide bonds. The van der Waals surface area contributed by atoms with E-state index in [1.54, 1.807) is 48.5 Å². The number of carbonyl (C=O) groups excluding carboxylic acids is 3. The van der Waals surface area contributed by atoms with E-state index in [0.29, 0.717) is 43.7 Å². The minimum Gasteiger partial charge on any atom is -0.508 e. The number of aromatic hydroxyl groups is 1. The Bertz CT molecular complexity index is 886. The van der Waals surface area contributed by atoms with Crippen molar-refractivity contribution in [1.82, 2.24) is 10.6 Å². The summed E-state index contributed by atoms with van der Waals surface area (Å²) >= 11 is 0. The molecule has 31 heavy (non-hydrogen) atoms. The van der Waals surface area contributed by atoms with Gasteiger partial charge in [-0.15, -0.1) is 0 Å². The number of hydrogen-bond donors (Lipinski definition) is 5. The summed E-state index contributed by atoms with van der Waals surface area (Å²) in [5.41, 5.74) is 12.1. The summed E-state index contributed by atoms with van der Waals surface area (Å²) in [6.45, 7) is 0.559. The molecule has 0 saturated heterocycles. The number of carbonyl (C=O) groups is 3. The summed E-state index contributed by atoms with van der Waals surface area (Å²) in [7, 11) is 0. The molecular weight excluding hydrogens is 400 g/mol. The van der Waals surface area contributed by atoms with Crippen LogP contribution in [0.1, 0.15) is 28.8 Å². The lowest BCUT2D eigenvalue weighted by Crippen LogP contribution is -2.42. The van der Waals surface area contributed by atoms with Crippen LogP contribution in [0.25, 0.3) is 0 Å². The normalized spacial score (nSPS) is 11.4. The molecule has 2 aromatic rings. The minimum atomic E-state index is -0.674. The fraction of sp³-hybridized carbons (Fsp3) is 0.318. The summed E-state index contributed by atoms with van der Waals surface area (Å²) in [4.78, 5) is 35.0. The van der Waals surface area contributed by atoms with Crippen LogP contribution >= 0.6 is 0 Å². The average molecular weight is 428 g/mol. The fourth-order valence-electron chi connectivity index (χ4n) is 2.77. The van der Waals surface area contributed by atoms with Gasteiger partial charge in [0.1, 0.15) is 11.5 Å². The highest BCUT2D eigenvalue weighted by Crippen LogP contribution is 2.18. The Morgan fingerprint density at radius 1 is 1.00 bits per heavy atom. The Labute approximate surface area is 180 Å². The molecule has 9 heteroatoms. The predicted octanol–water partition coefficient (Wildman–Crippen LogP) is 0.453. The zero-order valence-corrected chi connectivity index (χ0v) is 17.2. The van der Waals surface area contributed by atoms with E-state index < -0.39 is 17.9 Å². The standard InChI is InChI=1S/C22H28N4O5/c23-18(13-15-7-9-16(27)10-8-15)22(30)25-11-3-4-12-31-19-6-2-1-5-17(19)21(29)26-14-20(24)28/h1-2,5-10,18,27H,3-4,11-14,23H2,(H2,24,28)(H,25,30)(H,26,29). The molecule has 1 unspecified atom stereocenters. The van der Waals surface area contributed by atoms with Gasteiger partial charge in [-0.25, -0.2) is 0 Å². The maximum atomic E-state index is 12.1. The van der Waals surface area contributed by atoms with Crippen molar-refractivity contribution in [3.8, 4) is 11.5 Å². The van der Waals surface area contributed by atoms with Crippen LogP contribution in [0.2, 0.25) is 0 Å². The lowest BCUT2D eigenvalue weighted by atomic mass is 10.1. The first-order valence-electron chi connectivity index (χ1n) is 9.96. The van der Waals surface area contributed by atoms with E-state index in [-0.39, 0.29) is 18.2 Å². The number of rotatable bonds is 12. The molecule has 0 aliphatic heterocycles. The Morgan fingerprint density at radius 3 is 2.42 bits per heavy atom. The molecule has 166 valence electrons. The first kappa shape index (κ1) is 23.7. The van der Waals surface area contributed by atoms with Crippen molar-refractivity contribution in [3.63, 3.8) is 0 Å². The van der Waals surface area contributed by atoms with Crippen molar-refractivity contribution in [3.05, 3.63) is 59.7 Å². The van der Waals surface area contributed by atoms with Gasteiger partial charge in [0.05, 0.1) is 24.8 Å². The van der Waals surface area contributed by atoms with Crippen molar-refractivity contribution in [2.24, 2.45) is 11.5 Å². The van der Waals surface area contributed by atoms with Crippen molar-refractivity contribution >= 4 is 17.7 Å². The second-order valence-corrected chi connectivity index (χ2v) is 6.97. The van der Waals surface area contributed by atoms with Gasteiger partial charge in [-0.05, 0) is 49.1 Å². The quantitative estimate of drug-likeness (QED) is 0.309. The smallest absolute Gasteiger partial charge is 0.255 e. The summed E-state index contributed by atoms with van der Waals surface area (Å²) < 4.78 is 5.67. The van der Waals surface area contributed by atoms with E-state index in [9.17, 15) is 19.5 Å². The highest BCUT2D eigenvalue weighted by molar-refractivity contribution is 5.98. The molecule has 0 radical (unpaired) electrons. The highest BCUT2D eigenvalue weighted by atomic mass is 16.5. The number of phenols is 1. The third-order valence-corrected chi connectivity index (χ3v) is 4.41. The van der Waals surface area contributed by atoms with E-state index in [1.165, 1.54) is 0 Å². The molecule has 0 aliphatic rings. The number of benzene rings is 2. The van der Waals surface area contributed by atoms with Gasteiger partial charge < -0.3 is 31.9 Å². The summed E-state index contributed by atoms with van der Waals surface area (Å²) in [5, 5.41) is 14.5. The van der Waals surface area contributed by atoms with Crippen LogP contribution in [0, 0.1) is 0 Å². The first-order valence-corrected chi connectivity index (χ1v) is 9.96. The van der Waals surface area contributed by atoms with Gasteiger partial charge in [0.15, 0.2) is 0 Å². The predicted molar refractivity (Wildman–Crippen MR) is 115 cm³/mol. The number of nitrogens with two attached hydrogens (primary N) is 2. The van der Waals surface area contributed by atoms with E-state index in [1.807, 2.05) is 0 Å². The number of nitrogens with one attached hydrogen (secondary N) is 2. The molecule has 0 heterocycles. The van der Waals surface area contributed by atoms with E-state index in [4.69, 9.17) is 16.2 Å². The lowest BCUT2D eigenvalue weighted by Gasteiger charge is -2.13. The summed E-state index contributed by atoms with van der Waals surface area (Å²) in [6, 6.07) is 12.6. The number of hydrogen-bond acceptors (Lipinski definition) is 6. The van der Waals surface area contributed by atoms with Crippen molar-refractivity contribution < 1.29 is 24.2 Å². The van der Waals surface area contributed by atoms with Crippen LogP contribution in [0.5, 0.6) is 11.5 Å². The molecule has 0 spiro atoms. The SMILES string of the molecule is NC(=O)CNC(=O)c1ccccc1OCCCCNC(=O)C(N)Cc1ccc(O)cc1. The number of primary amides is 1. The maximum Gasteiger partial charge on any atom is 0.255 e. The largest absolute Gasteiger partial charge is 0.508 e. The first-order chi connectivity index (χ1) is 14.9. The van der Waals surface area contributed by atoms with Crippen LogP contribution in [0.3, 0.4) is 0 Å². The molecule has 2 aromatic carbocycles. The van der Waals surface area contributed by atoms with Crippen molar-refractivity contribution in [2.75, 3.05) is 19.7 Å². The number of phenolic OH excluding ortho intramolecular Hbond substituents is 1. The van der Waals surface area contributed by atoms with Crippen molar-refractivity contribution in [2.45, 2.75) is 25.3 Å².